The molecule has 0 radical (unpaired) electrons. The van der Waals surface area contributed by atoms with E-state index in [0.29, 0.717) is 22.7 Å². The number of aromatic nitrogens is 2. The lowest BCUT2D eigenvalue weighted by atomic mass is 9.97. The van der Waals surface area contributed by atoms with Crippen LogP contribution in [0.2, 0.25) is 0 Å². The minimum absolute atomic E-state index is 0.200. The number of halogens is 1. The zero-order valence-electron chi connectivity index (χ0n) is 17.8. The molecule has 4 aromatic rings. The molecule has 1 atom stereocenters. The van der Waals surface area contributed by atoms with E-state index < -0.39 is 5.82 Å². The van der Waals surface area contributed by atoms with Crippen molar-refractivity contribution in [3.8, 4) is 34.2 Å². The molecule has 1 fully saturated rings. The highest BCUT2D eigenvalue weighted by molar-refractivity contribution is 5.90. The van der Waals surface area contributed by atoms with Gasteiger partial charge in [-0.25, -0.2) is 9.37 Å². The number of ether oxygens (including phenoxy) is 1. The van der Waals surface area contributed by atoms with Crippen LogP contribution in [0, 0.1) is 23.1 Å². The van der Waals surface area contributed by atoms with Gasteiger partial charge in [-0.15, -0.1) is 0 Å². The summed E-state index contributed by atoms with van der Waals surface area (Å²) in [7, 11) is 1.45. The van der Waals surface area contributed by atoms with Crippen LogP contribution < -0.4 is 10.1 Å². The third kappa shape index (κ3) is 3.72. The fourth-order valence-corrected chi connectivity index (χ4v) is 4.40. The van der Waals surface area contributed by atoms with Crippen LogP contribution >= 0.6 is 0 Å². The maximum atomic E-state index is 14.5. The first-order chi connectivity index (χ1) is 15.7. The zero-order valence-corrected chi connectivity index (χ0v) is 17.8. The van der Waals surface area contributed by atoms with Gasteiger partial charge in [-0.05, 0) is 73.5 Å². The minimum Gasteiger partial charge on any atom is -0.494 e. The summed E-state index contributed by atoms with van der Waals surface area (Å²) in [6.07, 6.45) is 3.25. The van der Waals surface area contributed by atoms with Gasteiger partial charge < -0.3 is 14.6 Å². The summed E-state index contributed by atoms with van der Waals surface area (Å²) in [6.45, 7) is 3.02. The van der Waals surface area contributed by atoms with Crippen LogP contribution in [0.15, 0.2) is 60.8 Å². The average molecular weight is 426 g/mol. The quantitative estimate of drug-likeness (QED) is 0.488. The molecular weight excluding hydrogens is 403 g/mol. The Labute approximate surface area is 186 Å². The predicted octanol–water partition coefficient (Wildman–Crippen LogP) is 5.00. The summed E-state index contributed by atoms with van der Waals surface area (Å²) in [5.74, 6) is 0.370. The Morgan fingerprint density at radius 3 is 2.66 bits per heavy atom. The van der Waals surface area contributed by atoms with E-state index in [1.54, 1.807) is 18.2 Å². The van der Waals surface area contributed by atoms with Gasteiger partial charge in [0.1, 0.15) is 0 Å². The molecule has 32 heavy (non-hydrogen) atoms. The highest BCUT2D eigenvalue weighted by Crippen LogP contribution is 2.35. The van der Waals surface area contributed by atoms with Crippen LogP contribution in [0.1, 0.15) is 12.0 Å². The number of nitrogens with one attached hydrogen (secondary N) is 1. The Morgan fingerprint density at radius 1 is 1.16 bits per heavy atom. The number of benzene rings is 2. The van der Waals surface area contributed by atoms with E-state index >= 15 is 0 Å². The van der Waals surface area contributed by atoms with Crippen LogP contribution in [-0.4, -0.2) is 29.8 Å². The van der Waals surface area contributed by atoms with Crippen LogP contribution in [0.5, 0.6) is 5.75 Å². The summed E-state index contributed by atoms with van der Waals surface area (Å²) in [5.41, 5.74) is 5.72. The van der Waals surface area contributed by atoms with Gasteiger partial charge in [0.25, 0.3) is 0 Å². The van der Waals surface area contributed by atoms with Gasteiger partial charge in [0, 0.05) is 23.9 Å². The average Bonchev–Trinajstić information content (AvgIpc) is 3.48. The monoisotopic (exact) mass is 426 g/mol. The highest BCUT2D eigenvalue weighted by Gasteiger charge is 2.19. The largest absolute Gasteiger partial charge is 0.494 e. The van der Waals surface area contributed by atoms with Crippen LogP contribution in [0.3, 0.4) is 0 Å². The summed E-state index contributed by atoms with van der Waals surface area (Å²) in [4.78, 5) is 4.95. The second kappa shape index (κ2) is 8.45. The Kier molecular flexibility index (Phi) is 5.34. The van der Waals surface area contributed by atoms with Crippen LogP contribution in [0.4, 0.5) is 4.39 Å². The summed E-state index contributed by atoms with van der Waals surface area (Å²) in [5, 5.41) is 12.6. The van der Waals surface area contributed by atoms with Crippen molar-refractivity contribution in [3.63, 3.8) is 0 Å². The highest BCUT2D eigenvalue weighted by atomic mass is 19.1. The standard InChI is InChI=1S/C26H23FN4O/c1-32-25-7-6-20(12-22(25)27)26-21(19-4-2-17(14-28)3-5-19)13-24-23(30-26)9-11-31(24)16-18-8-10-29-15-18/h2-7,9,11-13,18,29H,8,10,15-16H2,1H3. The molecular formula is C26H23FN4O. The lowest BCUT2D eigenvalue weighted by molar-refractivity contribution is 0.386. The molecule has 160 valence electrons. The van der Waals surface area contributed by atoms with E-state index in [4.69, 9.17) is 9.72 Å². The van der Waals surface area contributed by atoms with Gasteiger partial charge in [-0.2, -0.15) is 5.26 Å². The molecule has 5 nitrogen and oxygen atoms in total. The van der Waals surface area contributed by atoms with Crippen LogP contribution in [-0.2, 0) is 6.54 Å². The molecule has 0 aliphatic carbocycles. The first-order valence-corrected chi connectivity index (χ1v) is 10.7. The van der Waals surface area contributed by atoms with Gasteiger partial charge in [-0.3, -0.25) is 0 Å². The number of pyridine rings is 1. The minimum atomic E-state index is -0.427. The molecule has 2 aromatic carbocycles. The normalized spacial score (nSPS) is 15.7. The number of nitrogens with zero attached hydrogens (tertiary/aromatic N) is 3. The van der Waals surface area contributed by atoms with Crippen molar-refractivity contribution in [1.82, 2.24) is 14.9 Å². The van der Waals surface area contributed by atoms with Crippen molar-refractivity contribution in [2.24, 2.45) is 5.92 Å². The summed E-state index contributed by atoms with van der Waals surface area (Å²) < 4.78 is 21.8. The SMILES string of the molecule is COc1ccc(-c2nc3ccn(CC4CCNC4)c3cc2-c2ccc(C#N)cc2)cc1F. The molecule has 2 aromatic heterocycles. The van der Waals surface area contributed by atoms with Gasteiger partial charge in [-0.1, -0.05) is 12.1 Å². The van der Waals surface area contributed by atoms with Crippen LogP contribution in [0.25, 0.3) is 33.4 Å². The van der Waals surface area contributed by atoms with Crippen molar-refractivity contribution in [2.75, 3.05) is 20.2 Å². The Bertz CT molecular complexity index is 1310. The third-order valence-corrected chi connectivity index (χ3v) is 6.12. The number of fused-ring (bicyclic) bond motifs is 1. The lowest BCUT2D eigenvalue weighted by Gasteiger charge is -2.14. The number of hydrogen-bond donors (Lipinski definition) is 1. The molecule has 1 N–H and O–H groups in total. The molecule has 6 heteroatoms. The zero-order chi connectivity index (χ0) is 22.1. The van der Waals surface area contributed by atoms with E-state index in [1.807, 2.05) is 24.3 Å². The molecule has 0 saturated carbocycles. The Hall–Kier alpha value is -3.69. The first-order valence-electron chi connectivity index (χ1n) is 10.7. The predicted molar refractivity (Wildman–Crippen MR) is 123 cm³/mol. The van der Waals surface area contributed by atoms with Crippen molar-refractivity contribution < 1.29 is 9.13 Å². The van der Waals surface area contributed by atoms with E-state index in [2.05, 4.69) is 28.2 Å². The lowest BCUT2D eigenvalue weighted by Crippen LogP contribution is -2.14. The van der Waals surface area contributed by atoms with E-state index in [-0.39, 0.29) is 5.75 Å². The Morgan fingerprint density at radius 2 is 1.97 bits per heavy atom. The molecule has 0 bridgehead atoms. The second-order valence-electron chi connectivity index (χ2n) is 8.15. The molecule has 1 aliphatic rings. The fourth-order valence-electron chi connectivity index (χ4n) is 4.40. The molecule has 0 spiro atoms. The topological polar surface area (TPSA) is 62.9 Å². The number of rotatable bonds is 5. The fraction of sp³-hybridized carbons (Fsp3) is 0.231. The van der Waals surface area contributed by atoms with Gasteiger partial charge >= 0.3 is 0 Å². The van der Waals surface area contributed by atoms with Crippen molar-refractivity contribution >= 4 is 11.0 Å². The second-order valence-corrected chi connectivity index (χ2v) is 8.15. The van der Waals surface area contributed by atoms with Gasteiger partial charge in [0.15, 0.2) is 11.6 Å². The number of hydrogen-bond acceptors (Lipinski definition) is 4. The molecule has 5 rings (SSSR count). The summed E-state index contributed by atoms with van der Waals surface area (Å²) >= 11 is 0. The Balaban J connectivity index is 1.67. The molecule has 1 aliphatic heterocycles. The number of methoxy groups -OCH3 is 1. The molecule has 0 amide bonds. The number of nitriles is 1. The smallest absolute Gasteiger partial charge is 0.165 e. The maximum Gasteiger partial charge on any atom is 0.165 e. The van der Waals surface area contributed by atoms with E-state index in [0.717, 1.165) is 41.8 Å². The van der Waals surface area contributed by atoms with Crippen molar-refractivity contribution in [3.05, 3.63) is 72.2 Å². The van der Waals surface area contributed by atoms with Crippen molar-refractivity contribution in [2.45, 2.75) is 13.0 Å². The van der Waals surface area contributed by atoms with Gasteiger partial charge in [0.2, 0.25) is 0 Å². The first kappa shape index (κ1) is 20.2. The summed E-state index contributed by atoms with van der Waals surface area (Å²) in [6, 6.07) is 18.6. The van der Waals surface area contributed by atoms with Gasteiger partial charge in [0.05, 0.1) is 35.5 Å². The third-order valence-electron chi connectivity index (χ3n) is 6.12. The van der Waals surface area contributed by atoms with E-state index in [1.165, 1.54) is 19.6 Å². The van der Waals surface area contributed by atoms with E-state index in [9.17, 15) is 9.65 Å². The van der Waals surface area contributed by atoms with Crippen molar-refractivity contribution in [1.29, 1.82) is 5.26 Å². The molecule has 1 saturated heterocycles. The molecule has 1 unspecified atom stereocenters. The maximum absolute atomic E-state index is 14.5. The molecule has 3 heterocycles.